The molecule has 2 saturated carbocycles. The minimum absolute atomic E-state index is 0.0785. The molecular formula is C18H20N2O3S2. The van der Waals surface area contributed by atoms with E-state index < -0.39 is 10.0 Å². The van der Waals surface area contributed by atoms with Crippen molar-refractivity contribution in [1.29, 1.82) is 0 Å². The fraction of sp³-hybridized carbons (Fsp3) is 0.389. The fourth-order valence-electron chi connectivity index (χ4n) is 3.98. The first-order valence-electron chi connectivity index (χ1n) is 8.48. The molecule has 1 aromatic carbocycles. The molecule has 0 spiro atoms. The number of fused-ring (bicyclic) bond motifs is 2. The van der Waals surface area contributed by atoms with Gasteiger partial charge in [-0.25, -0.2) is 8.42 Å². The van der Waals surface area contributed by atoms with E-state index in [1.54, 1.807) is 41.8 Å². The van der Waals surface area contributed by atoms with Gasteiger partial charge in [0.05, 0.1) is 0 Å². The Kier molecular flexibility index (Phi) is 4.29. The Balaban J connectivity index is 1.41. The second-order valence-electron chi connectivity index (χ2n) is 6.87. The van der Waals surface area contributed by atoms with Gasteiger partial charge in [0.25, 0.3) is 15.9 Å². The highest BCUT2D eigenvalue weighted by atomic mass is 32.2. The van der Waals surface area contributed by atoms with E-state index in [1.807, 2.05) is 0 Å². The van der Waals surface area contributed by atoms with Crippen molar-refractivity contribution in [2.45, 2.75) is 35.9 Å². The van der Waals surface area contributed by atoms with Crippen LogP contribution in [0, 0.1) is 11.8 Å². The molecule has 4 rings (SSSR count). The third-order valence-electron chi connectivity index (χ3n) is 5.21. The number of benzene rings is 1. The quantitative estimate of drug-likeness (QED) is 0.839. The zero-order valence-corrected chi connectivity index (χ0v) is 15.3. The van der Waals surface area contributed by atoms with Crippen LogP contribution in [0.25, 0.3) is 0 Å². The summed E-state index contributed by atoms with van der Waals surface area (Å²) in [6, 6.07) is 10.1. The van der Waals surface area contributed by atoms with E-state index in [9.17, 15) is 13.2 Å². The van der Waals surface area contributed by atoms with Crippen LogP contribution in [0.15, 0.2) is 46.0 Å². The average Bonchev–Trinajstić information content (AvgIpc) is 3.33. The molecule has 132 valence electrons. The maximum absolute atomic E-state index is 12.4. The van der Waals surface area contributed by atoms with Crippen molar-refractivity contribution < 1.29 is 13.2 Å². The zero-order valence-electron chi connectivity index (χ0n) is 13.6. The second kappa shape index (κ2) is 6.46. The van der Waals surface area contributed by atoms with Crippen molar-refractivity contribution in [2.24, 2.45) is 11.8 Å². The largest absolute Gasteiger partial charge is 0.349 e. The highest BCUT2D eigenvalue weighted by molar-refractivity contribution is 7.94. The maximum Gasteiger partial charge on any atom is 0.271 e. The summed E-state index contributed by atoms with van der Waals surface area (Å²) < 4.78 is 27.2. The predicted molar refractivity (Wildman–Crippen MR) is 98.3 cm³/mol. The summed E-state index contributed by atoms with van der Waals surface area (Å²) in [5.41, 5.74) is 1.01. The molecule has 1 amide bonds. The molecule has 2 aromatic rings. The van der Waals surface area contributed by atoms with Crippen LogP contribution in [-0.4, -0.2) is 20.4 Å². The van der Waals surface area contributed by atoms with Crippen molar-refractivity contribution in [3.8, 4) is 0 Å². The van der Waals surface area contributed by atoms with Crippen LogP contribution in [0.4, 0.5) is 5.69 Å². The number of rotatable bonds is 5. The average molecular weight is 377 g/mol. The Morgan fingerprint density at radius 1 is 1.08 bits per heavy atom. The van der Waals surface area contributed by atoms with Gasteiger partial charge in [0.15, 0.2) is 0 Å². The summed E-state index contributed by atoms with van der Waals surface area (Å²) in [6.45, 7) is 0. The highest BCUT2D eigenvalue weighted by Gasteiger charge is 2.40. The van der Waals surface area contributed by atoms with Crippen LogP contribution >= 0.6 is 11.3 Å². The number of hydrogen-bond donors (Lipinski definition) is 2. The van der Waals surface area contributed by atoms with Gasteiger partial charge < -0.3 is 5.32 Å². The smallest absolute Gasteiger partial charge is 0.271 e. The molecule has 5 nitrogen and oxygen atoms in total. The Morgan fingerprint density at radius 2 is 1.88 bits per heavy atom. The lowest BCUT2D eigenvalue weighted by Crippen LogP contribution is -2.38. The Bertz CT molecular complexity index is 860. The van der Waals surface area contributed by atoms with Crippen molar-refractivity contribution >= 4 is 33.0 Å². The molecule has 1 heterocycles. The van der Waals surface area contributed by atoms with Crippen LogP contribution in [0.1, 0.15) is 36.0 Å². The van der Waals surface area contributed by atoms with E-state index in [-0.39, 0.29) is 10.1 Å². The molecule has 2 aliphatic rings. The molecule has 2 bridgehead atoms. The third kappa shape index (κ3) is 3.43. The van der Waals surface area contributed by atoms with Crippen molar-refractivity contribution in [3.05, 3.63) is 47.3 Å². The summed E-state index contributed by atoms with van der Waals surface area (Å²) >= 11 is 1.17. The normalized spacial score (nSPS) is 25.0. The standard InChI is InChI=1S/C18H20N2O3S2/c21-18(19-16-11-12-3-4-14(16)10-12)13-5-7-15(8-6-13)20-25(22,23)17-2-1-9-24-17/h1-2,5-9,12,14,16,20H,3-4,10-11H2,(H,19,21)/t12-,14+,16+/m0/s1. The molecule has 0 saturated heterocycles. The molecule has 2 fully saturated rings. The number of carbonyl (C=O) groups is 1. The van der Waals surface area contributed by atoms with Crippen LogP contribution in [-0.2, 0) is 10.0 Å². The SMILES string of the molecule is O=C(N[C@@H]1C[C@H]2CC[C@@H]1C2)c1ccc(NS(=O)(=O)c2cccs2)cc1. The molecule has 3 atom stereocenters. The lowest BCUT2D eigenvalue weighted by Gasteiger charge is -2.22. The Hall–Kier alpha value is -1.86. The third-order valence-corrected chi connectivity index (χ3v) is 7.99. The molecule has 1 aromatic heterocycles. The molecule has 0 radical (unpaired) electrons. The summed E-state index contributed by atoms with van der Waals surface area (Å²) in [4.78, 5) is 12.4. The van der Waals surface area contributed by atoms with E-state index in [2.05, 4.69) is 10.0 Å². The van der Waals surface area contributed by atoms with E-state index in [1.165, 1.54) is 30.6 Å². The number of anilines is 1. The fourth-order valence-corrected chi connectivity index (χ4v) is 6.04. The van der Waals surface area contributed by atoms with Gasteiger partial charge in [-0.15, -0.1) is 11.3 Å². The number of sulfonamides is 1. The van der Waals surface area contributed by atoms with E-state index in [4.69, 9.17) is 0 Å². The van der Waals surface area contributed by atoms with Crippen molar-refractivity contribution in [2.75, 3.05) is 4.72 Å². The molecular weight excluding hydrogens is 356 g/mol. The molecule has 2 aliphatic carbocycles. The topological polar surface area (TPSA) is 75.3 Å². The minimum Gasteiger partial charge on any atom is -0.349 e. The minimum atomic E-state index is -3.56. The summed E-state index contributed by atoms with van der Waals surface area (Å²) in [5, 5.41) is 4.86. The van der Waals surface area contributed by atoms with Crippen LogP contribution in [0.2, 0.25) is 0 Å². The molecule has 7 heteroatoms. The van der Waals surface area contributed by atoms with E-state index in [0.29, 0.717) is 23.2 Å². The van der Waals surface area contributed by atoms with Crippen LogP contribution in [0.5, 0.6) is 0 Å². The first-order chi connectivity index (χ1) is 12.0. The monoisotopic (exact) mass is 376 g/mol. The highest BCUT2D eigenvalue weighted by Crippen LogP contribution is 2.44. The number of carbonyl (C=O) groups excluding carboxylic acids is 1. The van der Waals surface area contributed by atoms with Crippen molar-refractivity contribution in [3.63, 3.8) is 0 Å². The van der Waals surface area contributed by atoms with Gasteiger partial charge >= 0.3 is 0 Å². The van der Waals surface area contributed by atoms with Gasteiger partial charge in [0.2, 0.25) is 0 Å². The molecule has 0 unspecified atom stereocenters. The molecule has 0 aliphatic heterocycles. The first-order valence-corrected chi connectivity index (χ1v) is 10.8. The molecule has 2 N–H and O–H groups in total. The second-order valence-corrected chi connectivity index (χ2v) is 9.73. The Morgan fingerprint density at radius 3 is 2.48 bits per heavy atom. The Labute approximate surface area is 151 Å². The van der Waals surface area contributed by atoms with Gasteiger partial charge in [-0.2, -0.15) is 0 Å². The lowest BCUT2D eigenvalue weighted by atomic mass is 9.95. The summed E-state index contributed by atoms with van der Waals surface area (Å²) in [7, 11) is -3.56. The van der Waals surface area contributed by atoms with E-state index in [0.717, 1.165) is 12.3 Å². The van der Waals surface area contributed by atoms with E-state index >= 15 is 0 Å². The van der Waals surface area contributed by atoms with Gasteiger partial charge in [0, 0.05) is 17.3 Å². The van der Waals surface area contributed by atoms with Crippen molar-refractivity contribution in [1.82, 2.24) is 5.32 Å². The number of hydrogen-bond acceptors (Lipinski definition) is 4. The molecule has 25 heavy (non-hydrogen) atoms. The maximum atomic E-state index is 12.4. The summed E-state index contributed by atoms with van der Waals surface area (Å²) in [5.74, 6) is 1.33. The van der Waals surface area contributed by atoms with Crippen LogP contribution in [0.3, 0.4) is 0 Å². The first kappa shape index (κ1) is 16.6. The van der Waals surface area contributed by atoms with Gasteiger partial charge in [-0.3, -0.25) is 9.52 Å². The summed E-state index contributed by atoms with van der Waals surface area (Å²) in [6.07, 6.45) is 4.86. The van der Waals surface area contributed by atoms with Crippen LogP contribution < -0.4 is 10.0 Å². The number of amides is 1. The van der Waals surface area contributed by atoms with Gasteiger partial charge in [-0.1, -0.05) is 12.5 Å². The number of thiophene rings is 1. The predicted octanol–water partition coefficient (Wildman–Crippen LogP) is 3.47. The lowest BCUT2D eigenvalue weighted by molar-refractivity contribution is 0.0923. The zero-order chi connectivity index (χ0) is 17.4. The number of nitrogens with one attached hydrogen (secondary N) is 2. The van der Waals surface area contributed by atoms with Gasteiger partial charge in [-0.05, 0) is 66.8 Å². The van der Waals surface area contributed by atoms with Gasteiger partial charge in [0.1, 0.15) is 4.21 Å².